The van der Waals surface area contributed by atoms with Crippen LogP contribution in [0.3, 0.4) is 0 Å². The van der Waals surface area contributed by atoms with E-state index < -0.39 is 26.6 Å². The van der Waals surface area contributed by atoms with Gasteiger partial charge in [0.1, 0.15) is 13.2 Å². The van der Waals surface area contributed by atoms with E-state index in [9.17, 15) is 24.2 Å². The molecule has 53 heavy (non-hydrogen) atoms. The molecule has 0 rings (SSSR count). The van der Waals surface area contributed by atoms with E-state index in [1.807, 2.05) is 45.4 Å². The van der Waals surface area contributed by atoms with Gasteiger partial charge in [0, 0.05) is 12.8 Å². The number of phosphoric ester groups is 1. The van der Waals surface area contributed by atoms with Gasteiger partial charge in [0.15, 0.2) is 5.78 Å². The van der Waals surface area contributed by atoms with Gasteiger partial charge >= 0.3 is 0 Å². The Morgan fingerprint density at radius 3 is 2.00 bits per heavy atom. The molecule has 9 nitrogen and oxygen atoms in total. The maximum absolute atomic E-state index is 12.8. The first-order valence-electron chi connectivity index (χ1n) is 20.3. The minimum absolute atomic E-state index is 0.0276. The molecule has 0 aromatic rings. The highest BCUT2D eigenvalue weighted by Gasteiger charge is 2.23. The van der Waals surface area contributed by atoms with E-state index in [4.69, 9.17) is 9.05 Å². The van der Waals surface area contributed by atoms with Gasteiger partial charge in [0.25, 0.3) is 7.82 Å². The Hall–Kier alpha value is -2.39. The van der Waals surface area contributed by atoms with Gasteiger partial charge in [-0.25, -0.2) is 0 Å². The number of aliphatic hydroxyl groups excluding tert-OH is 1. The second kappa shape index (κ2) is 34.1. The lowest BCUT2D eigenvalue weighted by molar-refractivity contribution is -0.870. The van der Waals surface area contributed by atoms with Crippen molar-refractivity contribution in [1.82, 2.24) is 5.32 Å². The van der Waals surface area contributed by atoms with Crippen molar-refractivity contribution in [3.8, 4) is 0 Å². The molecule has 0 radical (unpaired) electrons. The molecule has 0 aromatic heterocycles. The summed E-state index contributed by atoms with van der Waals surface area (Å²) in [6, 6.07) is -0.939. The molecule has 0 saturated heterocycles. The highest BCUT2D eigenvalue weighted by molar-refractivity contribution is 7.45. The maximum atomic E-state index is 12.8. The molecule has 1 unspecified atom stereocenters. The first kappa shape index (κ1) is 50.6. The van der Waals surface area contributed by atoms with Gasteiger partial charge in [0.2, 0.25) is 5.91 Å². The molecule has 0 aromatic carbocycles. The average molecular weight is 763 g/mol. The summed E-state index contributed by atoms with van der Waals surface area (Å²) in [6.07, 6.45) is 40.7. The van der Waals surface area contributed by atoms with Crippen molar-refractivity contribution >= 4 is 19.5 Å². The van der Waals surface area contributed by atoms with E-state index in [2.05, 4.69) is 49.5 Å². The van der Waals surface area contributed by atoms with Gasteiger partial charge in [-0.3, -0.25) is 14.2 Å². The Kier molecular flexibility index (Phi) is 32.6. The van der Waals surface area contributed by atoms with Gasteiger partial charge in [-0.15, -0.1) is 0 Å². The fourth-order valence-corrected chi connectivity index (χ4v) is 5.76. The summed E-state index contributed by atoms with van der Waals surface area (Å²) < 4.78 is 23.1. The van der Waals surface area contributed by atoms with Crippen molar-refractivity contribution in [2.45, 2.75) is 148 Å². The van der Waals surface area contributed by atoms with Crippen LogP contribution in [-0.2, 0) is 23.2 Å². The third-order valence-electron chi connectivity index (χ3n) is 8.34. The molecule has 0 aliphatic carbocycles. The molecular formula is C43H75N2O7P. The van der Waals surface area contributed by atoms with Crippen LogP contribution in [0, 0.1) is 0 Å². The van der Waals surface area contributed by atoms with Crippen molar-refractivity contribution in [2.75, 3.05) is 40.9 Å². The second-order valence-corrected chi connectivity index (χ2v) is 16.1. The third kappa shape index (κ3) is 36.4. The predicted octanol–water partition coefficient (Wildman–Crippen LogP) is 9.40. The molecule has 0 aliphatic heterocycles. The number of hydrogen-bond donors (Lipinski definition) is 2. The molecule has 0 fully saturated rings. The molecule has 1 amide bonds. The first-order valence-corrected chi connectivity index (χ1v) is 21.7. The number of quaternary nitrogens is 1. The molecule has 304 valence electrons. The Morgan fingerprint density at radius 1 is 0.717 bits per heavy atom. The number of carbonyl (C=O) groups excluding carboxylic acids is 2. The van der Waals surface area contributed by atoms with Crippen LogP contribution in [-0.4, -0.2) is 74.3 Å². The fraction of sp³-hybridized carbons (Fsp3) is 0.674. The van der Waals surface area contributed by atoms with Crippen LogP contribution in [0.2, 0.25) is 0 Å². The van der Waals surface area contributed by atoms with E-state index in [1.165, 1.54) is 32.1 Å². The number of amides is 1. The zero-order valence-corrected chi connectivity index (χ0v) is 34.8. The minimum Gasteiger partial charge on any atom is -0.756 e. The summed E-state index contributed by atoms with van der Waals surface area (Å²) in [5.74, 6) is -0.109. The number of unbranched alkanes of at least 4 members (excludes halogenated alkanes) is 11. The summed E-state index contributed by atoms with van der Waals surface area (Å²) in [7, 11) is 1.17. The Morgan fingerprint density at radius 2 is 1.32 bits per heavy atom. The largest absolute Gasteiger partial charge is 0.756 e. The number of hydrogen-bond acceptors (Lipinski definition) is 7. The maximum Gasteiger partial charge on any atom is 0.268 e. The quantitative estimate of drug-likeness (QED) is 0.0165. The molecule has 2 N–H and O–H groups in total. The highest BCUT2D eigenvalue weighted by atomic mass is 31.2. The van der Waals surface area contributed by atoms with Crippen LogP contribution >= 0.6 is 7.82 Å². The van der Waals surface area contributed by atoms with Gasteiger partial charge < -0.3 is 28.8 Å². The molecule has 0 bridgehead atoms. The monoisotopic (exact) mass is 763 g/mol. The molecule has 0 spiro atoms. The van der Waals surface area contributed by atoms with E-state index in [0.29, 0.717) is 30.3 Å². The summed E-state index contributed by atoms with van der Waals surface area (Å²) >= 11 is 0. The van der Waals surface area contributed by atoms with Crippen LogP contribution in [0.5, 0.6) is 0 Å². The topological polar surface area (TPSA) is 125 Å². The zero-order valence-electron chi connectivity index (χ0n) is 33.9. The standard InChI is InChI=1S/C43H75N2O7P/c1-6-8-10-11-12-13-14-15-18-21-24-27-31-35-42(47)41(39-52-53(49,50)51-38-37-45(3,4)5)44-43(48)36-32-28-25-22-19-16-17-20-23-26-30-34-40(46)33-29-9-7-2/h10-11,16-17,22-23,25-26,30-31,34-35,41-42,47H,6-9,12-15,18-21,24,27-29,32-33,36-39H2,1-5H3,(H-,44,48,49,50)/b11-10-,17-16-,25-22-,26-23-,34-30+,35-31+/t41-,42+/m0/s1. The predicted molar refractivity (Wildman–Crippen MR) is 219 cm³/mol. The van der Waals surface area contributed by atoms with Crippen LogP contribution in [0.15, 0.2) is 72.9 Å². The number of ketones is 1. The van der Waals surface area contributed by atoms with Crippen LogP contribution in [0.4, 0.5) is 0 Å². The number of aliphatic hydroxyl groups is 1. The van der Waals surface area contributed by atoms with Crippen LogP contribution < -0.4 is 10.2 Å². The normalized spacial score (nSPS) is 15.2. The number of phosphoric acid groups is 1. The van der Waals surface area contributed by atoms with Crippen LogP contribution in [0.25, 0.3) is 0 Å². The molecule has 0 saturated carbocycles. The molecule has 10 heteroatoms. The summed E-state index contributed by atoms with van der Waals surface area (Å²) in [6.45, 7) is 4.34. The van der Waals surface area contributed by atoms with E-state index in [0.717, 1.165) is 64.2 Å². The lowest BCUT2D eigenvalue weighted by atomic mass is 10.1. The van der Waals surface area contributed by atoms with Crippen molar-refractivity contribution < 1.29 is 37.7 Å². The van der Waals surface area contributed by atoms with Crippen molar-refractivity contribution in [3.05, 3.63) is 72.9 Å². The summed E-state index contributed by atoms with van der Waals surface area (Å²) in [5.41, 5.74) is 0. The molecule has 0 aliphatic rings. The van der Waals surface area contributed by atoms with E-state index in [-0.39, 0.29) is 24.7 Å². The van der Waals surface area contributed by atoms with Gasteiger partial charge in [-0.05, 0) is 70.3 Å². The second-order valence-electron chi connectivity index (χ2n) is 14.7. The van der Waals surface area contributed by atoms with E-state index in [1.54, 1.807) is 18.2 Å². The zero-order chi connectivity index (χ0) is 39.5. The number of nitrogens with zero attached hydrogens (tertiary/aromatic N) is 1. The smallest absolute Gasteiger partial charge is 0.268 e. The third-order valence-corrected chi connectivity index (χ3v) is 9.30. The lowest BCUT2D eigenvalue weighted by Crippen LogP contribution is -2.45. The minimum atomic E-state index is -4.62. The fourth-order valence-electron chi connectivity index (χ4n) is 5.04. The Labute approximate surface area is 323 Å². The Bertz CT molecular complexity index is 1150. The Balaban J connectivity index is 4.67. The van der Waals surface area contributed by atoms with Crippen molar-refractivity contribution in [2.24, 2.45) is 0 Å². The highest BCUT2D eigenvalue weighted by Crippen LogP contribution is 2.38. The molecular weight excluding hydrogens is 687 g/mol. The van der Waals surface area contributed by atoms with Gasteiger partial charge in [-0.2, -0.15) is 0 Å². The lowest BCUT2D eigenvalue weighted by Gasteiger charge is -2.29. The summed E-state index contributed by atoms with van der Waals surface area (Å²) in [5, 5.41) is 13.7. The van der Waals surface area contributed by atoms with Crippen molar-refractivity contribution in [3.63, 3.8) is 0 Å². The number of rotatable bonds is 35. The SMILES string of the molecule is CCC/C=C\CCCCCCCC/C=C/[C@@H](O)[C@H](COP(=O)([O-])OCC[N+](C)(C)C)NC(=O)CCC/C=C\C/C=C\C/C=C\C=C\C(=O)CCCCC. The van der Waals surface area contributed by atoms with E-state index >= 15 is 0 Å². The summed E-state index contributed by atoms with van der Waals surface area (Å²) in [4.78, 5) is 36.9. The van der Waals surface area contributed by atoms with Crippen molar-refractivity contribution in [1.29, 1.82) is 0 Å². The number of carbonyl (C=O) groups is 2. The number of allylic oxidation sites excluding steroid dienone is 11. The average Bonchev–Trinajstić information content (AvgIpc) is 3.10. The van der Waals surface area contributed by atoms with Crippen LogP contribution in [0.1, 0.15) is 136 Å². The van der Waals surface area contributed by atoms with Gasteiger partial charge in [-0.1, -0.05) is 126 Å². The number of nitrogens with one attached hydrogen (secondary N) is 1. The first-order chi connectivity index (χ1) is 25.4. The van der Waals surface area contributed by atoms with Gasteiger partial charge in [0.05, 0.1) is 39.9 Å². The molecule has 0 heterocycles. The number of likely N-dealkylation sites (N-methyl/N-ethyl adjacent to an activating group) is 1. The molecule has 3 atom stereocenters.